The lowest BCUT2D eigenvalue weighted by Crippen LogP contribution is -2.37. The van der Waals surface area contributed by atoms with Crippen LogP contribution < -0.4 is 0 Å². The van der Waals surface area contributed by atoms with E-state index in [1.54, 1.807) is 30.6 Å². The molecule has 30 heavy (non-hydrogen) atoms. The number of benzene rings is 1. The number of amides is 1. The van der Waals surface area contributed by atoms with E-state index >= 15 is 0 Å². The lowest BCUT2D eigenvalue weighted by Gasteiger charge is -2.13. The van der Waals surface area contributed by atoms with Crippen molar-refractivity contribution in [3.63, 3.8) is 0 Å². The molecule has 1 aromatic carbocycles. The molecule has 1 aliphatic heterocycles. The summed E-state index contributed by atoms with van der Waals surface area (Å²) >= 11 is 0. The van der Waals surface area contributed by atoms with Gasteiger partial charge in [0, 0.05) is 37.3 Å². The number of rotatable bonds is 3. The van der Waals surface area contributed by atoms with Gasteiger partial charge in [0.15, 0.2) is 0 Å². The van der Waals surface area contributed by atoms with Crippen molar-refractivity contribution in [1.29, 1.82) is 0 Å². The van der Waals surface area contributed by atoms with Crippen molar-refractivity contribution in [2.24, 2.45) is 0 Å². The van der Waals surface area contributed by atoms with Crippen molar-refractivity contribution >= 4 is 17.4 Å². The van der Waals surface area contributed by atoms with Gasteiger partial charge in [0.2, 0.25) is 11.4 Å². The Balaban J connectivity index is 1.74. The second kappa shape index (κ2) is 7.65. The van der Waals surface area contributed by atoms with E-state index in [0.717, 1.165) is 11.1 Å². The maximum absolute atomic E-state index is 12.3. The number of pyridine rings is 1. The number of fused-ring (bicyclic) bond motifs is 1. The quantitative estimate of drug-likeness (QED) is 0.535. The molecule has 0 aliphatic carbocycles. The van der Waals surface area contributed by atoms with Crippen LogP contribution in [0.25, 0.3) is 16.8 Å². The molecule has 0 bridgehead atoms. The van der Waals surface area contributed by atoms with Crippen LogP contribution in [-0.4, -0.2) is 57.1 Å². The van der Waals surface area contributed by atoms with E-state index in [1.165, 1.54) is 4.90 Å². The van der Waals surface area contributed by atoms with Crippen LogP contribution in [0.2, 0.25) is 0 Å². The second-order valence-corrected chi connectivity index (χ2v) is 7.13. The third kappa shape index (κ3) is 3.42. The summed E-state index contributed by atoms with van der Waals surface area (Å²) in [7, 11) is 1.65. The van der Waals surface area contributed by atoms with Crippen molar-refractivity contribution in [2.45, 2.75) is 18.9 Å². The van der Waals surface area contributed by atoms with Gasteiger partial charge in [-0.3, -0.25) is 9.20 Å². The van der Waals surface area contributed by atoms with Crippen LogP contribution in [-0.2, 0) is 9.53 Å². The largest absolute Gasteiger partial charge is 0.460 e. The Bertz CT molecular complexity index is 1200. The minimum absolute atomic E-state index is 0.202. The van der Waals surface area contributed by atoms with Gasteiger partial charge in [0.1, 0.15) is 0 Å². The molecule has 1 amide bonds. The second-order valence-electron chi connectivity index (χ2n) is 7.13. The summed E-state index contributed by atoms with van der Waals surface area (Å²) in [5.41, 5.74) is 1.14. The Morgan fingerprint density at radius 3 is 2.87 bits per heavy atom. The summed E-state index contributed by atoms with van der Waals surface area (Å²) < 4.78 is 6.82. The highest BCUT2D eigenvalue weighted by atomic mass is 16.5. The van der Waals surface area contributed by atoms with Crippen LogP contribution >= 0.6 is 0 Å². The first-order valence-corrected chi connectivity index (χ1v) is 9.69. The predicted octanol–water partition coefficient (Wildman–Crippen LogP) is 2.12. The Hall–Kier alpha value is -3.63. The fourth-order valence-electron chi connectivity index (χ4n) is 3.48. The van der Waals surface area contributed by atoms with Crippen molar-refractivity contribution in [1.82, 2.24) is 14.3 Å². The fraction of sp³-hybridized carbons (Fsp3) is 0.261. The smallest absolute Gasteiger partial charge is 0.374 e. The number of hydrogen-bond acceptors (Lipinski definition) is 5. The average Bonchev–Trinajstić information content (AvgIpc) is 3.27. The number of likely N-dealkylation sites (N-methyl/N-ethyl adjacent to an activating group) is 1. The maximum Gasteiger partial charge on any atom is 0.374 e. The van der Waals surface area contributed by atoms with Crippen molar-refractivity contribution in [3.05, 3.63) is 60.0 Å². The number of imidazole rings is 1. The van der Waals surface area contributed by atoms with Crippen LogP contribution in [0.1, 0.15) is 29.5 Å². The monoisotopic (exact) mass is 403 g/mol. The van der Waals surface area contributed by atoms with Gasteiger partial charge in [-0.1, -0.05) is 30.0 Å². The van der Waals surface area contributed by atoms with Gasteiger partial charge in [0.05, 0.1) is 17.8 Å². The standard InChI is InChI=1S/C23H21N3O4/c1-3-30-21(27)20-24-19(18-9-4-5-13-26(18)20)17-8-6-7-16(15-17)10-11-23(29)12-14-25(2)22(23)28/h4-9,13,15,29H,3,12,14H2,1-2H3. The predicted molar refractivity (Wildman–Crippen MR) is 111 cm³/mol. The third-order valence-electron chi connectivity index (χ3n) is 5.07. The van der Waals surface area contributed by atoms with Crippen LogP contribution in [0.4, 0.5) is 0 Å². The molecule has 1 fully saturated rings. The molecule has 7 heteroatoms. The highest BCUT2D eigenvalue weighted by Crippen LogP contribution is 2.26. The van der Waals surface area contributed by atoms with Crippen molar-refractivity contribution < 1.29 is 19.4 Å². The maximum atomic E-state index is 12.3. The molecule has 2 aromatic heterocycles. The number of carbonyl (C=O) groups is 2. The molecule has 7 nitrogen and oxygen atoms in total. The molecule has 3 heterocycles. The molecular weight excluding hydrogens is 382 g/mol. The molecule has 152 valence electrons. The molecule has 1 unspecified atom stereocenters. The number of likely N-dealkylation sites (tertiary alicyclic amines) is 1. The molecule has 0 saturated carbocycles. The van der Waals surface area contributed by atoms with Crippen molar-refractivity contribution in [2.75, 3.05) is 20.2 Å². The van der Waals surface area contributed by atoms with E-state index in [9.17, 15) is 14.7 Å². The molecule has 1 saturated heterocycles. The summed E-state index contributed by atoms with van der Waals surface area (Å²) in [5.74, 6) is 4.96. The summed E-state index contributed by atoms with van der Waals surface area (Å²) in [6.07, 6.45) is 2.04. The van der Waals surface area contributed by atoms with E-state index in [1.807, 2.05) is 36.4 Å². The number of nitrogens with zero attached hydrogens (tertiary/aromatic N) is 3. The van der Waals surface area contributed by atoms with E-state index in [4.69, 9.17) is 4.74 Å². The Labute approximate surface area is 173 Å². The molecule has 1 atom stereocenters. The highest BCUT2D eigenvalue weighted by Gasteiger charge is 2.42. The lowest BCUT2D eigenvalue weighted by atomic mass is 10.0. The van der Waals surface area contributed by atoms with Crippen LogP contribution in [0.5, 0.6) is 0 Å². The van der Waals surface area contributed by atoms with E-state index in [2.05, 4.69) is 16.8 Å². The van der Waals surface area contributed by atoms with Gasteiger partial charge < -0.3 is 14.7 Å². The normalized spacial score (nSPS) is 18.4. The van der Waals surface area contributed by atoms with Gasteiger partial charge in [-0.05, 0) is 31.2 Å². The first-order valence-electron chi connectivity index (χ1n) is 9.69. The number of carbonyl (C=O) groups excluding carboxylic acids is 2. The molecule has 1 aliphatic rings. The summed E-state index contributed by atoms with van der Waals surface area (Å²) in [5, 5.41) is 10.5. The van der Waals surface area contributed by atoms with E-state index < -0.39 is 11.6 Å². The topological polar surface area (TPSA) is 84.1 Å². The van der Waals surface area contributed by atoms with Crippen LogP contribution in [0.3, 0.4) is 0 Å². The van der Waals surface area contributed by atoms with Gasteiger partial charge >= 0.3 is 5.97 Å². The SMILES string of the molecule is CCOC(=O)c1nc(-c2cccc(C#CC3(O)CCN(C)C3=O)c2)c2ccccn12. The summed E-state index contributed by atoms with van der Waals surface area (Å²) in [6.45, 7) is 2.48. The fourth-order valence-corrected chi connectivity index (χ4v) is 3.48. The molecule has 3 aromatic rings. The lowest BCUT2D eigenvalue weighted by molar-refractivity contribution is -0.137. The highest BCUT2D eigenvalue weighted by molar-refractivity contribution is 5.91. The van der Waals surface area contributed by atoms with E-state index in [-0.39, 0.29) is 24.8 Å². The Morgan fingerprint density at radius 1 is 1.30 bits per heavy atom. The molecule has 0 radical (unpaired) electrons. The minimum atomic E-state index is -1.65. The number of hydrogen-bond donors (Lipinski definition) is 1. The van der Waals surface area contributed by atoms with Gasteiger partial charge in [-0.15, -0.1) is 0 Å². The van der Waals surface area contributed by atoms with Crippen LogP contribution in [0, 0.1) is 11.8 Å². The van der Waals surface area contributed by atoms with E-state index in [0.29, 0.717) is 17.8 Å². The third-order valence-corrected chi connectivity index (χ3v) is 5.07. The molecule has 1 N–H and O–H groups in total. The zero-order valence-corrected chi connectivity index (χ0v) is 16.8. The number of ether oxygens (including phenoxy) is 1. The van der Waals surface area contributed by atoms with Gasteiger partial charge in [-0.25, -0.2) is 9.78 Å². The van der Waals surface area contributed by atoms with Crippen LogP contribution in [0.15, 0.2) is 48.7 Å². The van der Waals surface area contributed by atoms with Gasteiger partial charge in [-0.2, -0.15) is 0 Å². The first-order chi connectivity index (χ1) is 14.4. The zero-order valence-electron chi connectivity index (χ0n) is 16.8. The van der Waals surface area contributed by atoms with Crippen molar-refractivity contribution in [3.8, 4) is 23.1 Å². The minimum Gasteiger partial charge on any atom is -0.460 e. The summed E-state index contributed by atoms with van der Waals surface area (Å²) in [4.78, 5) is 30.4. The summed E-state index contributed by atoms with van der Waals surface area (Å²) in [6, 6.07) is 12.9. The Kier molecular flexibility index (Phi) is 5.02. The van der Waals surface area contributed by atoms with Gasteiger partial charge in [0.25, 0.3) is 5.91 Å². The number of esters is 1. The zero-order chi connectivity index (χ0) is 21.3. The number of aliphatic hydroxyl groups is 1. The number of aromatic nitrogens is 2. The Morgan fingerprint density at radius 2 is 2.13 bits per heavy atom. The molecule has 4 rings (SSSR count). The molecular formula is C23H21N3O4. The molecule has 0 spiro atoms. The average molecular weight is 403 g/mol. The first kappa shape index (κ1) is 19.7.